The van der Waals surface area contributed by atoms with Gasteiger partial charge in [-0.05, 0) is 131 Å². The normalized spacial score (nSPS) is 30.9. The van der Waals surface area contributed by atoms with Gasteiger partial charge in [0.15, 0.2) is 0 Å². The number of carbonyl (C=O) groups excluding carboxylic acids is 3. The summed E-state index contributed by atoms with van der Waals surface area (Å²) in [7, 11) is 0. The van der Waals surface area contributed by atoms with Crippen molar-refractivity contribution in [3.63, 3.8) is 0 Å². The highest BCUT2D eigenvalue weighted by molar-refractivity contribution is 5.96. The molecule has 11 atom stereocenters. The number of benzene rings is 4. The number of ketones is 1. The molecule has 55 heavy (non-hydrogen) atoms. The van der Waals surface area contributed by atoms with Crippen LogP contribution in [0.5, 0.6) is 0 Å². The Morgan fingerprint density at radius 2 is 1.24 bits per heavy atom. The monoisotopic (exact) mass is 738 g/mol. The lowest BCUT2D eigenvalue weighted by atomic mass is 9.45. The zero-order valence-electron chi connectivity index (χ0n) is 33.5. The van der Waals surface area contributed by atoms with Crippen LogP contribution in [0.1, 0.15) is 107 Å². The summed E-state index contributed by atoms with van der Waals surface area (Å²) in [5.41, 5.74) is 1.00. The first kappa shape index (κ1) is 37.7. The summed E-state index contributed by atoms with van der Waals surface area (Å²) in [5.74, 6) is 1.40. The lowest BCUT2D eigenvalue weighted by molar-refractivity contribution is -0.151. The predicted molar refractivity (Wildman–Crippen MR) is 220 cm³/mol. The quantitative estimate of drug-likeness (QED) is 0.126. The number of fused-ring (bicyclic) bond motifs is 7. The van der Waals surface area contributed by atoms with Crippen LogP contribution in [0, 0.1) is 58.2 Å². The molecule has 5 heteroatoms. The largest absolute Gasteiger partial charge is 0.455 e. The fourth-order valence-corrected chi connectivity index (χ4v) is 12.1. The van der Waals surface area contributed by atoms with Crippen LogP contribution < -0.4 is 0 Å². The lowest BCUT2D eigenvalue weighted by Crippen LogP contribution is -2.56. The topological polar surface area (TPSA) is 69.7 Å². The second kappa shape index (κ2) is 14.7. The van der Waals surface area contributed by atoms with Gasteiger partial charge >= 0.3 is 11.9 Å². The number of Topliss-reactive ketones (excluding diaryl/α,β-unsaturated/α-hetero) is 1. The molecule has 0 amide bonds. The Labute approximate surface area is 327 Å². The summed E-state index contributed by atoms with van der Waals surface area (Å²) in [6, 6.07) is 27.5. The van der Waals surface area contributed by atoms with Gasteiger partial charge in [-0.25, -0.2) is 9.59 Å². The van der Waals surface area contributed by atoms with Crippen molar-refractivity contribution in [1.29, 1.82) is 0 Å². The number of hydrogen-bond donors (Lipinski definition) is 0. The molecule has 5 nitrogen and oxygen atoms in total. The molecule has 0 aromatic heterocycles. The summed E-state index contributed by atoms with van der Waals surface area (Å²) in [5, 5.41) is 4.07. The molecule has 0 heterocycles. The minimum Gasteiger partial charge on any atom is -0.455 e. The molecule has 0 radical (unpaired) electrons. The second-order valence-corrected chi connectivity index (χ2v) is 18.6. The maximum atomic E-state index is 14.4. The molecular formula is C50H58O5. The van der Waals surface area contributed by atoms with Crippen LogP contribution in [0.15, 0.2) is 97.1 Å². The van der Waals surface area contributed by atoms with Gasteiger partial charge in [0.25, 0.3) is 0 Å². The molecule has 4 aliphatic carbocycles. The highest BCUT2D eigenvalue weighted by Gasteiger charge is 2.62. The Kier molecular flexibility index (Phi) is 10.1. The smallest absolute Gasteiger partial charge is 0.338 e. The number of esters is 2. The molecular weight excluding hydrogens is 681 g/mol. The molecule has 0 N–H and O–H groups in total. The summed E-state index contributed by atoms with van der Waals surface area (Å²) in [6.07, 6.45) is 10.1. The van der Waals surface area contributed by atoms with Crippen LogP contribution >= 0.6 is 0 Å². The first-order valence-electron chi connectivity index (χ1n) is 21.0. The zero-order valence-corrected chi connectivity index (χ0v) is 33.5. The maximum Gasteiger partial charge on any atom is 0.338 e. The van der Waals surface area contributed by atoms with Gasteiger partial charge in [-0.1, -0.05) is 114 Å². The van der Waals surface area contributed by atoms with Crippen LogP contribution in [0.3, 0.4) is 0 Å². The number of hydrogen-bond acceptors (Lipinski definition) is 5. The number of ether oxygens (including phenoxy) is 2. The van der Waals surface area contributed by atoms with Gasteiger partial charge < -0.3 is 9.47 Å². The van der Waals surface area contributed by atoms with Crippen LogP contribution in [0.25, 0.3) is 21.5 Å². The molecule has 4 aliphatic rings. The number of carbonyl (C=O) groups is 3. The third-order valence-corrected chi connectivity index (χ3v) is 15.6. The van der Waals surface area contributed by atoms with Crippen molar-refractivity contribution < 1.29 is 23.9 Å². The highest BCUT2D eigenvalue weighted by Crippen LogP contribution is 2.67. The molecule has 0 saturated heterocycles. The Morgan fingerprint density at radius 1 is 0.673 bits per heavy atom. The summed E-state index contributed by atoms with van der Waals surface area (Å²) in [6.45, 7) is 13.5. The van der Waals surface area contributed by atoms with E-state index in [-0.39, 0.29) is 40.4 Å². The lowest BCUT2D eigenvalue weighted by Gasteiger charge is -2.59. The van der Waals surface area contributed by atoms with E-state index in [0.29, 0.717) is 41.1 Å². The molecule has 8 rings (SSSR count). The van der Waals surface area contributed by atoms with E-state index in [4.69, 9.17) is 9.47 Å². The highest BCUT2D eigenvalue weighted by atomic mass is 16.6. The number of allylic oxidation sites excluding steroid dienone is 2. The molecule has 288 valence electrons. The fourth-order valence-electron chi connectivity index (χ4n) is 12.1. The average Bonchev–Trinajstić information content (AvgIpc) is 3.55. The number of rotatable bonds is 9. The molecule has 0 bridgehead atoms. The van der Waals surface area contributed by atoms with Crippen molar-refractivity contribution in [2.45, 2.75) is 98.7 Å². The van der Waals surface area contributed by atoms with Crippen molar-refractivity contribution >= 4 is 39.3 Å². The van der Waals surface area contributed by atoms with E-state index in [1.807, 2.05) is 84.9 Å². The van der Waals surface area contributed by atoms with Gasteiger partial charge in [-0.2, -0.15) is 0 Å². The fraction of sp³-hybridized carbons (Fsp3) is 0.500. The van der Waals surface area contributed by atoms with Crippen LogP contribution in [-0.4, -0.2) is 29.9 Å². The minimum absolute atomic E-state index is 0.0177. The van der Waals surface area contributed by atoms with Crippen molar-refractivity contribution in [1.82, 2.24) is 0 Å². The third kappa shape index (κ3) is 6.64. The molecule has 1 unspecified atom stereocenters. The Morgan fingerprint density at radius 3 is 1.84 bits per heavy atom. The Bertz CT molecular complexity index is 2130. The Balaban J connectivity index is 1.14. The van der Waals surface area contributed by atoms with Gasteiger partial charge in [0.05, 0.1) is 11.1 Å². The van der Waals surface area contributed by atoms with E-state index >= 15 is 0 Å². The second-order valence-electron chi connectivity index (χ2n) is 18.6. The molecule has 0 spiro atoms. The van der Waals surface area contributed by atoms with Gasteiger partial charge in [0, 0.05) is 18.3 Å². The third-order valence-electron chi connectivity index (χ3n) is 15.6. The minimum atomic E-state index is -0.669. The van der Waals surface area contributed by atoms with Crippen molar-refractivity contribution in [3.8, 4) is 0 Å². The molecule has 4 aromatic carbocycles. The summed E-state index contributed by atoms with van der Waals surface area (Å²) >= 11 is 0. The first-order chi connectivity index (χ1) is 26.4. The van der Waals surface area contributed by atoms with E-state index in [2.05, 4.69) is 53.7 Å². The predicted octanol–water partition coefficient (Wildman–Crippen LogP) is 11.7. The van der Waals surface area contributed by atoms with E-state index in [1.54, 1.807) is 0 Å². The van der Waals surface area contributed by atoms with Crippen LogP contribution in [0.2, 0.25) is 0 Å². The van der Waals surface area contributed by atoms with Crippen molar-refractivity contribution in [3.05, 3.63) is 108 Å². The Hall–Kier alpha value is -4.25. The van der Waals surface area contributed by atoms with E-state index in [0.717, 1.165) is 60.1 Å². The molecule has 3 saturated carbocycles. The van der Waals surface area contributed by atoms with Crippen molar-refractivity contribution in [2.24, 2.45) is 58.2 Å². The molecule has 0 aliphatic heterocycles. The van der Waals surface area contributed by atoms with E-state index < -0.39 is 24.1 Å². The standard InChI is InChI=1S/C50H58O5/c1-30(2)31(3)45(54-47(52)37-20-18-33-13-7-9-15-35(33)27-37)46(55-48(53)38-21-19-34-14-8-10-16-36(34)28-38)32(4)40-22-23-41-39-29-44(51)43-17-11-12-25-49(43,5)42(39)24-26-50(40,41)6/h7-16,18-21,27-28,30-32,39-43,45-46H,17,22-26,29H2,1-6H3/t31-,32+,39+,40-,41+,42+,43?,45-,46-,49-,50-/m1/s1. The average molecular weight is 739 g/mol. The van der Waals surface area contributed by atoms with E-state index in [1.165, 1.54) is 0 Å². The van der Waals surface area contributed by atoms with Gasteiger partial charge in [0.2, 0.25) is 0 Å². The SMILES string of the molecule is CC(C)[C@@H](C)[C@@H](OC(=O)c1ccc2ccccc2c1)[C@H](OC(=O)c1ccc2ccccc2c1)[C@@H](C)[C@H]1CC[C@H]2[C@@H]3CC(=O)C4CC=CC[C@]4(C)[C@H]3CC[C@]12C. The van der Waals surface area contributed by atoms with Gasteiger partial charge in [-0.15, -0.1) is 0 Å². The first-order valence-corrected chi connectivity index (χ1v) is 21.0. The van der Waals surface area contributed by atoms with E-state index in [9.17, 15) is 14.4 Å². The van der Waals surface area contributed by atoms with Gasteiger partial charge in [0.1, 0.15) is 18.0 Å². The summed E-state index contributed by atoms with van der Waals surface area (Å²) in [4.78, 5) is 42.4. The zero-order chi connectivity index (χ0) is 38.6. The van der Waals surface area contributed by atoms with Crippen LogP contribution in [0.4, 0.5) is 0 Å². The molecule has 3 fully saturated rings. The maximum absolute atomic E-state index is 14.4. The summed E-state index contributed by atoms with van der Waals surface area (Å²) < 4.78 is 13.4. The van der Waals surface area contributed by atoms with Gasteiger partial charge in [-0.3, -0.25) is 4.79 Å². The van der Waals surface area contributed by atoms with Crippen LogP contribution in [-0.2, 0) is 14.3 Å². The van der Waals surface area contributed by atoms with Crippen molar-refractivity contribution in [2.75, 3.05) is 0 Å². The molecule has 4 aromatic rings.